The molecule has 7 nitrogen and oxygen atoms in total. The summed E-state index contributed by atoms with van der Waals surface area (Å²) in [4.78, 5) is 26.8. The van der Waals surface area contributed by atoms with Crippen LogP contribution in [0.25, 0.3) is 0 Å². The molecule has 0 bridgehead atoms. The van der Waals surface area contributed by atoms with E-state index in [4.69, 9.17) is 11.6 Å². The normalized spacial score (nSPS) is 18.3. The van der Waals surface area contributed by atoms with Gasteiger partial charge in [0.25, 0.3) is 0 Å². The van der Waals surface area contributed by atoms with Crippen LogP contribution >= 0.6 is 39.3 Å². The predicted octanol–water partition coefficient (Wildman–Crippen LogP) is 5.32. The molecule has 2 aromatic carbocycles. The van der Waals surface area contributed by atoms with E-state index in [-0.39, 0.29) is 29.3 Å². The highest BCUT2D eigenvalue weighted by molar-refractivity contribution is 9.10. The molecule has 3 aromatic rings. The van der Waals surface area contributed by atoms with E-state index in [0.29, 0.717) is 23.6 Å². The molecule has 0 radical (unpaired) electrons. The fourth-order valence-electron chi connectivity index (χ4n) is 4.46. The van der Waals surface area contributed by atoms with Crippen LogP contribution < -0.4 is 5.32 Å². The summed E-state index contributed by atoms with van der Waals surface area (Å²) in [7, 11) is 1.63. The van der Waals surface area contributed by atoms with Crippen molar-refractivity contribution in [2.75, 3.05) is 19.3 Å². The summed E-state index contributed by atoms with van der Waals surface area (Å²) in [6.45, 7) is 4.59. The first-order valence-electron chi connectivity index (χ1n) is 11.9. The van der Waals surface area contributed by atoms with Gasteiger partial charge in [0, 0.05) is 42.2 Å². The molecule has 0 aliphatic carbocycles. The Labute approximate surface area is 233 Å². The van der Waals surface area contributed by atoms with Gasteiger partial charge in [-0.1, -0.05) is 50.9 Å². The van der Waals surface area contributed by atoms with Gasteiger partial charge in [0.05, 0.1) is 28.7 Å². The molecule has 1 saturated heterocycles. The number of benzene rings is 2. The molecule has 1 aliphatic heterocycles. The predicted molar refractivity (Wildman–Crippen MR) is 147 cm³/mol. The molecule has 3 atom stereocenters. The third kappa shape index (κ3) is 6.35. The number of carbonyl (C=O) groups is 2. The zero-order valence-electron chi connectivity index (χ0n) is 20.7. The molecule has 2 heterocycles. The van der Waals surface area contributed by atoms with Crippen LogP contribution in [0, 0.1) is 18.7 Å². The minimum atomic E-state index is -0.591. The van der Waals surface area contributed by atoms with Crippen LogP contribution in [0.3, 0.4) is 0 Å². The minimum absolute atomic E-state index is 0.00616. The molecule has 1 aromatic heterocycles. The summed E-state index contributed by atoms with van der Waals surface area (Å²) in [5, 5.41) is 11.5. The Morgan fingerprint density at radius 1 is 1.32 bits per heavy atom. The second kappa shape index (κ2) is 12.0. The van der Waals surface area contributed by atoms with Gasteiger partial charge in [-0.05, 0) is 48.7 Å². The number of hydrogen-bond donors (Lipinski definition) is 1. The smallest absolute Gasteiger partial charge is 0.226 e. The Hall–Kier alpha value is -2.43. The van der Waals surface area contributed by atoms with Crippen molar-refractivity contribution in [3.8, 4) is 0 Å². The van der Waals surface area contributed by atoms with Crippen LogP contribution in [-0.2, 0) is 15.3 Å². The van der Waals surface area contributed by atoms with E-state index in [2.05, 4.69) is 57.5 Å². The van der Waals surface area contributed by atoms with E-state index in [1.54, 1.807) is 24.9 Å². The second-order valence-corrected chi connectivity index (χ2v) is 11.5. The molecule has 1 fully saturated rings. The Morgan fingerprint density at radius 3 is 2.84 bits per heavy atom. The van der Waals surface area contributed by atoms with Gasteiger partial charge in [-0.2, -0.15) is 11.8 Å². The van der Waals surface area contributed by atoms with Crippen LogP contribution in [-0.4, -0.2) is 51.1 Å². The number of aromatic nitrogens is 3. The molecule has 0 spiro atoms. The van der Waals surface area contributed by atoms with E-state index in [1.165, 1.54) is 22.6 Å². The Morgan fingerprint density at radius 2 is 2.11 bits per heavy atom. The van der Waals surface area contributed by atoms with Gasteiger partial charge in [0.15, 0.2) is 0 Å². The SMILES string of the molecule is Cc1cc([C@H](C)n2cc(CSCCNC(=O)C3CC(=O)N(C)C3c3ccc(Cl)c(F)c3)nn2)ccc1Br. The van der Waals surface area contributed by atoms with Gasteiger partial charge in [0.1, 0.15) is 5.82 Å². The van der Waals surface area contributed by atoms with Crippen molar-refractivity contribution in [1.29, 1.82) is 0 Å². The number of hydrogen-bond acceptors (Lipinski definition) is 5. The maximum absolute atomic E-state index is 14.0. The molecule has 2 unspecified atom stereocenters. The minimum Gasteiger partial charge on any atom is -0.355 e. The molecule has 1 N–H and O–H groups in total. The molecule has 37 heavy (non-hydrogen) atoms. The first-order chi connectivity index (χ1) is 17.7. The van der Waals surface area contributed by atoms with Crippen molar-refractivity contribution >= 4 is 51.1 Å². The van der Waals surface area contributed by atoms with Gasteiger partial charge in [0.2, 0.25) is 11.8 Å². The number of aryl methyl sites for hydroxylation is 1. The Bertz CT molecular complexity index is 1310. The summed E-state index contributed by atoms with van der Waals surface area (Å²) in [6.07, 6.45) is 2.03. The number of amides is 2. The standard InChI is InChI=1S/C26H28BrClFN5O2S/c1-15-10-17(4-6-21(15)27)16(2)34-13-19(31-32-34)14-37-9-8-30-26(36)20-12-24(35)33(3)25(20)18-5-7-22(28)23(29)11-18/h4-7,10-11,13,16,20,25H,8-9,12,14H2,1-3H3,(H,30,36)/t16-,20?,25?/m0/s1. The van der Waals surface area contributed by atoms with Gasteiger partial charge in [-0.3, -0.25) is 9.59 Å². The lowest BCUT2D eigenvalue weighted by Gasteiger charge is -2.25. The molecular weight excluding hydrogens is 581 g/mol. The van der Waals surface area contributed by atoms with Crippen LogP contribution in [0.15, 0.2) is 47.1 Å². The lowest BCUT2D eigenvalue weighted by Crippen LogP contribution is -2.35. The van der Waals surface area contributed by atoms with Crippen LogP contribution in [0.2, 0.25) is 5.02 Å². The van der Waals surface area contributed by atoms with E-state index in [1.807, 2.05) is 16.9 Å². The number of nitrogens with one attached hydrogen (secondary N) is 1. The van der Waals surface area contributed by atoms with Crippen molar-refractivity contribution in [3.05, 3.63) is 80.3 Å². The van der Waals surface area contributed by atoms with E-state index >= 15 is 0 Å². The van der Waals surface area contributed by atoms with Crippen molar-refractivity contribution < 1.29 is 14.0 Å². The highest BCUT2D eigenvalue weighted by atomic mass is 79.9. The summed E-state index contributed by atoms with van der Waals surface area (Å²) in [6, 6.07) is 10.2. The summed E-state index contributed by atoms with van der Waals surface area (Å²) >= 11 is 11.0. The molecule has 4 rings (SSSR count). The van der Waals surface area contributed by atoms with Crippen molar-refractivity contribution in [2.24, 2.45) is 5.92 Å². The Kier molecular flexibility index (Phi) is 8.92. The average molecular weight is 609 g/mol. The Balaban J connectivity index is 1.27. The maximum atomic E-state index is 14.0. The fraction of sp³-hybridized carbons (Fsp3) is 0.385. The topological polar surface area (TPSA) is 80.1 Å². The van der Waals surface area contributed by atoms with E-state index in [0.717, 1.165) is 15.7 Å². The third-order valence-corrected chi connectivity index (χ3v) is 8.81. The van der Waals surface area contributed by atoms with Crippen LogP contribution in [0.5, 0.6) is 0 Å². The fourth-order valence-corrected chi connectivity index (χ4v) is 5.56. The average Bonchev–Trinajstić information content (AvgIpc) is 3.46. The molecule has 196 valence electrons. The molecule has 2 amide bonds. The summed E-state index contributed by atoms with van der Waals surface area (Å²) in [5.41, 5.74) is 3.75. The van der Waals surface area contributed by atoms with Gasteiger partial charge in [-0.25, -0.2) is 9.07 Å². The monoisotopic (exact) mass is 607 g/mol. The summed E-state index contributed by atoms with van der Waals surface area (Å²) in [5.74, 6) is -0.183. The van der Waals surface area contributed by atoms with E-state index in [9.17, 15) is 14.0 Å². The molecule has 1 aliphatic rings. The number of halogens is 3. The number of rotatable bonds is 9. The first kappa shape index (κ1) is 27.6. The van der Waals surface area contributed by atoms with Crippen molar-refractivity contribution in [2.45, 2.75) is 38.1 Å². The maximum Gasteiger partial charge on any atom is 0.226 e. The van der Waals surface area contributed by atoms with Gasteiger partial charge in [-0.15, -0.1) is 5.10 Å². The quantitative estimate of drug-likeness (QED) is 0.333. The van der Waals surface area contributed by atoms with Gasteiger partial charge >= 0.3 is 0 Å². The van der Waals surface area contributed by atoms with Crippen molar-refractivity contribution in [3.63, 3.8) is 0 Å². The molecular formula is C26H28BrClFN5O2S. The highest BCUT2D eigenvalue weighted by Gasteiger charge is 2.42. The number of nitrogens with zero attached hydrogens (tertiary/aromatic N) is 4. The number of thioether (sulfide) groups is 1. The number of likely N-dealkylation sites (tertiary alicyclic amines) is 1. The number of carbonyl (C=O) groups excluding carboxylic acids is 2. The first-order valence-corrected chi connectivity index (χ1v) is 14.2. The lowest BCUT2D eigenvalue weighted by atomic mass is 9.93. The molecule has 11 heteroatoms. The zero-order chi connectivity index (χ0) is 26.7. The lowest BCUT2D eigenvalue weighted by molar-refractivity contribution is -0.128. The largest absolute Gasteiger partial charge is 0.355 e. The van der Waals surface area contributed by atoms with Gasteiger partial charge < -0.3 is 10.2 Å². The third-order valence-electron chi connectivity index (χ3n) is 6.62. The summed E-state index contributed by atoms with van der Waals surface area (Å²) < 4.78 is 17.0. The second-order valence-electron chi connectivity index (χ2n) is 9.15. The molecule has 0 saturated carbocycles. The zero-order valence-corrected chi connectivity index (χ0v) is 23.9. The van der Waals surface area contributed by atoms with Crippen LogP contribution in [0.1, 0.15) is 47.8 Å². The highest BCUT2D eigenvalue weighted by Crippen LogP contribution is 2.38. The van der Waals surface area contributed by atoms with Crippen LogP contribution in [0.4, 0.5) is 4.39 Å². The van der Waals surface area contributed by atoms with Crippen molar-refractivity contribution in [1.82, 2.24) is 25.2 Å². The van der Waals surface area contributed by atoms with E-state index < -0.39 is 17.8 Å².